The number of Topliss-reactive ketones (excluding diaryl/α,β-unsaturated/α-hetero) is 1. The van der Waals surface area contributed by atoms with Crippen molar-refractivity contribution in [1.29, 1.82) is 0 Å². The predicted octanol–water partition coefficient (Wildman–Crippen LogP) is 0.939. The number of rotatable bonds is 0. The molecule has 0 radical (unpaired) electrons. The lowest BCUT2D eigenvalue weighted by Crippen LogP contribution is -2.29. The van der Waals surface area contributed by atoms with Crippen molar-refractivity contribution in [2.75, 3.05) is 13.1 Å². The lowest BCUT2D eigenvalue weighted by atomic mass is 10.1. The van der Waals surface area contributed by atoms with E-state index in [0.717, 1.165) is 25.9 Å². The average Bonchev–Trinajstić information content (AvgIpc) is 2.33. The minimum atomic E-state index is 0.407. The summed E-state index contributed by atoms with van der Waals surface area (Å²) in [5, 5.41) is 0. The number of ketones is 1. The molecule has 0 amide bonds. The maximum Gasteiger partial charge on any atom is 0.140 e. The van der Waals surface area contributed by atoms with Crippen molar-refractivity contribution in [3.05, 3.63) is 11.8 Å². The second-order valence-corrected chi connectivity index (χ2v) is 2.94. The number of fused-ring (bicyclic) bond motifs is 1. The van der Waals surface area contributed by atoms with Crippen LogP contribution in [-0.2, 0) is 4.79 Å². The summed E-state index contributed by atoms with van der Waals surface area (Å²) in [6, 6.07) is 0. The van der Waals surface area contributed by atoms with E-state index < -0.39 is 0 Å². The molecule has 10 heavy (non-hydrogen) atoms. The summed E-state index contributed by atoms with van der Waals surface area (Å²) in [6.45, 7) is 2.10. The maximum atomic E-state index is 10.9. The van der Waals surface area contributed by atoms with Gasteiger partial charge in [-0.1, -0.05) is 6.08 Å². The zero-order chi connectivity index (χ0) is 6.97. The Hall–Kier alpha value is -0.790. The van der Waals surface area contributed by atoms with Gasteiger partial charge in [0.25, 0.3) is 0 Å². The largest absolute Gasteiger partial charge is 0.374 e. The number of piperidine rings is 1. The van der Waals surface area contributed by atoms with E-state index in [1.165, 1.54) is 5.70 Å². The molecule has 2 rings (SSSR count). The first-order valence-corrected chi connectivity index (χ1v) is 3.82. The molecule has 54 valence electrons. The molecule has 2 heterocycles. The van der Waals surface area contributed by atoms with Crippen molar-refractivity contribution in [3.63, 3.8) is 0 Å². The second kappa shape index (κ2) is 2.11. The van der Waals surface area contributed by atoms with Crippen LogP contribution >= 0.6 is 0 Å². The van der Waals surface area contributed by atoms with Gasteiger partial charge in [0, 0.05) is 31.6 Å². The molecule has 1 saturated heterocycles. The molecule has 2 heteroatoms. The minimum Gasteiger partial charge on any atom is -0.374 e. The van der Waals surface area contributed by atoms with Crippen LogP contribution in [0.1, 0.15) is 19.3 Å². The number of carbonyl (C=O) groups excluding carboxylic acids is 1. The Labute approximate surface area is 60.5 Å². The molecule has 0 bridgehead atoms. The Bertz CT molecular complexity index is 195. The van der Waals surface area contributed by atoms with Gasteiger partial charge in [-0.2, -0.15) is 0 Å². The fourth-order valence-corrected chi connectivity index (χ4v) is 1.65. The van der Waals surface area contributed by atoms with Gasteiger partial charge in [0.2, 0.25) is 0 Å². The Morgan fingerprint density at radius 1 is 1.40 bits per heavy atom. The van der Waals surface area contributed by atoms with Crippen LogP contribution < -0.4 is 0 Å². The van der Waals surface area contributed by atoms with E-state index in [-0.39, 0.29) is 0 Å². The highest BCUT2D eigenvalue weighted by molar-refractivity contribution is 5.82. The second-order valence-electron chi connectivity index (χ2n) is 2.94. The molecule has 2 nitrogen and oxygen atoms in total. The number of nitrogens with zero attached hydrogens (tertiary/aromatic N) is 1. The van der Waals surface area contributed by atoms with E-state index in [9.17, 15) is 4.79 Å². The normalized spacial score (nSPS) is 24.6. The van der Waals surface area contributed by atoms with Crippen molar-refractivity contribution >= 4 is 5.78 Å². The minimum absolute atomic E-state index is 0.407. The van der Waals surface area contributed by atoms with Crippen molar-refractivity contribution in [3.8, 4) is 0 Å². The number of hydrogen-bond acceptors (Lipinski definition) is 2. The third-order valence-corrected chi connectivity index (χ3v) is 2.22. The molecule has 2 aliphatic heterocycles. The zero-order valence-corrected chi connectivity index (χ0v) is 5.97. The van der Waals surface area contributed by atoms with Gasteiger partial charge < -0.3 is 4.90 Å². The summed E-state index contributed by atoms with van der Waals surface area (Å²) in [7, 11) is 0. The fraction of sp³-hybridized carbons (Fsp3) is 0.625. The van der Waals surface area contributed by atoms with Crippen molar-refractivity contribution in [2.45, 2.75) is 19.3 Å². The molecule has 0 aromatic heterocycles. The number of hydrogen-bond donors (Lipinski definition) is 0. The third-order valence-electron chi connectivity index (χ3n) is 2.22. The van der Waals surface area contributed by atoms with Gasteiger partial charge >= 0.3 is 0 Å². The Kier molecular flexibility index (Phi) is 1.26. The van der Waals surface area contributed by atoms with E-state index in [1.54, 1.807) is 0 Å². The molecular weight excluding hydrogens is 126 g/mol. The van der Waals surface area contributed by atoms with Crippen LogP contribution in [0.5, 0.6) is 0 Å². The molecule has 0 unspecified atom stereocenters. The highest BCUT2D eigenvalue weighted by Crippen LogP contribution is 2.23. The molecule has 1 fully saturated rings. The van der Waals surface area contributed by atoms with Crippen LogP contribution in [0.2, 0.25) is 0 Å². The smallest absolute Gasteiger partial charge is 0.140 e. The quantitative estimate of drug-likeness (QED) is 0.495. The maximum absolute atomic E-state index is 10.9. The van der Waals surface area contributed by atoms with Crippen molar-refractivity contribution in [1.82, 2.24) is 4.90 Å². The molecule has 0 aromatic rings. The monoisotopic (exact) mass is 137 g/mol. The van der Waals surface area contributed by atoms with Crippen molar-refractivity contribution in [2.24, 2.45) is 0 Å². The van der Waals surface area contributed by atoms with Crippen molar-refractivity contribution < 1.29 is 4.79 Å². The van der Waals surface area contributed by atoms with Crippen LogP contribution in [-0.4, -0.2) is 23.8 Å². The first kappa shape index (κ1) is 5.96. The highest BCUT2D eigenvalue weighted by Gasteiger charge is 2.22. The van der Waals surface area contributed by atoms with E-state index in [1.807, 2.05) is 0 Å². The molecule has 2 aliphatic rings. The van der Waals surface area contributed by atoms with E-state index in [2.05, 4.69) is 11.0 Å². The van der Waals surface area contributed by atoms with Crippen LogP contribution in [0.25, 0.3) is 0 Å². The van der Waals surface area contributed by atoms with Crippen LogP contribution in [0.4, 0.5) is 0 Å². The Morgan fingerprint density at radius 2 is 2.30 bits per heavy atom. The van der Waals surface area contributed by atoms with Gasteiger partial charge in [0.05, 0.1) is 0 Å². The van der Waals surface area contributed by atoms with Gasteiger partial charge in [-0.15, -0.1) is 0 Å². The SMILES string of the molecule is O=C1CCN2CCC=C2C1. The summed E-state index contributed by atoms with van der Waals surface area (Å²) in [4.78, 5) is 13.3. The predicted molar refractivity (Wildman–Crippen MR) is 38.5 cm³/mol. The fourth-order valence-electron chi connectivity index (χ4n) is 1.65. The van der Waals surface area contributed by atoms with Crippen LogP contribution in [0.3, 0.4) is 0 Å². The number of carbonyl (C=O) groups is 1. The summed E-state index contributed by atoms with van der Waals surface area (Å²) >= 11 is 0. The average molecular weight is 137 g/mol. The molecule has 0 N–H and O–H groups in total. The van der Waals surface area contributed by atoms with Crippen LogP contribution in [0.15, 0.2) is 11.8 Å². The highest BCUT2D eigenvalue weighted by atomic mass is 16.1. The summed E-state index contributed by atoms with van der Waals surface area (Å²) in [5.74, 6) is 0.407. The lowest BCUT2D eigenvalue weighted by Gasteiger charge is -2.25. The third kappa shape index (κ3) is 0.838. The van der Waals surface area contributed by atoms with E-state index in [0.29, 0.717) is 12.2 Å². The van der Waals surface area contributed by atoms with Gasteiger partial charge in [-0.25, -0.2) is 0 Å². The number of allylic oxidation sites excluding steroid dienone is 1. The van der Waals surface area contributed by atoms with Gasteiger partial charge in [0.1, 0.15) is 5.78 Å². The topological polar surface area (TPSA) is 20.3 Å². The molecule has 0 atom stereocenters. The standard InChI is InChI=1S/C8H11NO/c10-8-3-5-9-4-1-2-7(9)6-8/h2H,1,3-6H2. The van der Waals surface area contributed by atoms with Gasteiger partial charge in [-0.3, -0.25) is 4.79 Å². The Balaban J connectivity index is 2.14. The summed E-state index contributed by atoms with van der Waals surface area (Å²) in [6.07, 6.45) is 4.79. The summed E-state index contributed by atoms with van der Waals surface area (Å²) < 4.78 is 0. The molecule has 0 aliphatic carbocycles. The van der Waals surface area contributed by atoms with Gasteiger partial charge in [-0.05, 0) is 6.42 Å². The van der Waals surface area contributed by atoms with Gasteiger partial charge in [0.15, 0.2) is 0 Å². The molecule has 0 spiro atoms. The first-order valence-electron chi connectivity index (χ1n) is 3.82. The first-order chi connectivity index (χ1) is 4.86. The molecule has 0 aromatic carbocycles. The molecular formula is C8H11NO. The summed E-state index contributed by atoms with van der Waals surface area (Å²) in [5.41, 5.74) is 1.27. The lowest BCUT2D eigenvalue weighted by molar-refractivity contribution is -0.120. The van der Waals surface area contributed by atoms with E-state index in [4.69, 9.17) is 0 Å². The zero-order valence-electron chi connectivity index (χ0n) is 5.97. The molecule has 0 saturated carbocycles. The van der Waals surface area contributed by atoms with E-state index >= 15 is 0 Å². The van der Waals surface area contributed by atoms with Crippen LogP contribution in [0, 0.1) is 0 Å². The Morgan fingerprint density at radius 3 is 3.20 bits per heavy atom.